The molecule has 0 saturated carbocycles. The van der Waals surface area contributed by atoms with E-state index in [9.17, 15) is 9.90 Å². The van der Waals surface area contributed by atoms with Gasteiger partial charge in [-0.3, -0.25) is 4.79 Å². The summed E-state index contributed by atoms with van der Waals surface area (Å²) in [6, 6.07) is 11.0. The summed E-state index contributed by atoms with van der Waals surface area (Å²) in [4.78, 5) is 19.2. The van der Waals surface area contributed by atoms with E-state index in [0.29, 0.717) is 12.0 Å². The topological polar surface area (TPSA) is 90.4 Å². The first-order valence-corrected chi connectivity index (χ1v) is 7.83. The molecule has 0 aliphatic heterocycles. The van der Waals surface area contributed by atoms with Crippen LogP contribution in [0.3, 0.4) is 0 Å². The standard InChI is InChI=1S/C19H18N4O2/c1-2-4-14-5-3-6-15(19(14)25)11-22-23-18(24)10-13-7-8-16-17(9-13)21-12-20-16/h2-3,5-9,11-12,25H,1,4,10H2,(H,20,21)(H,23,24)/b22-11+. The van der Waals surface area contributed by atoms with Crippen LogP contribution in [0.5, 0.6) is 5.75 Å². The number of rotatable bonds is 6. The molecule has 0 spiro atoms. The van der Waals surface area contributed by atoms with Crippen LogP contribution in [0, 0.1) is 0 Å². The lowest BCUT2D eigenvalue weighted by Gasteiger charge is -2.05. The Labute approximate surface area is 144 Å². The van der Waals surface area contributed by atoms with Crippen molar-refractivity contribution in [3.63, 3.8) is 0 Å². The summed E-state index contributed by atoms with van der Waals surface area (Å²) >= 11 is 0. The quantitative estimate of drug-likeness (QED) is 0.368. The number of amides is 1. The number of nitrogens with one attached hydrogen (secondary N) is 2. The number of hydrogen-bond acceptors (Lipinski definition) is 4. The highest BCUT2D eigenvalue weighted by molar-refractivity contribution is 5.86. The molecule has 1 amide bonds. The van der Waals surface area contributed by atoms with E-state index < -0.39 is 0 Å². The number of hydrazone groups is 1. The molecule has 3 rings (SSSR count). The molecule has 1 heterocycles. The largest absolute Gasteiger partial charge is 0.507 e. The summed E-state index contributed by atoms with van der Waals surface area (Å²) in [6.07, 6.45) is 5.53. The number of aromatic nitrogens is 2. The van der Waals surface area contributed by atoms with Crippen LogP contribution >= 0.6 is 0 Å². The molecule has 25 heavy (non-hydrogen) atoms. The Morgan fingerprint density at radius 2 is 2.24 bits per heavy atom. The number of carbonyl (C=O) groups is 1. The van der Waals surface area contributed by atoms with Gasteiger partial charge in [0, 0.05) is 5.56 Å². The number of aromatic hydroxyl groups is 1. The molecule has 3 aromatic rings. The van der Waals surface area contributed by atoms with Crippen molar-refractivity contribution in [3.8, 4) is 5.75 Å². The predicted octanol–water partition coefficient (Wildman–Crippen LogP) is 2.69. The number of hydrogen-bond donors (Lipinski definition) is 3. The number of fused-ring (bicyclic) bond motifs is 1. The number of allylic oxidation sites excluding steroid dienone is 1. The predicted molar refractivity (Wildman–Crippen MR) is 97.5 cm³/mol. The molecule has 2 aromatic carbocycles. The number of carbonyl (C=O) groups excluding carboxylic acids is 1. The maximum absolute atomic E-state index is 12.0. The minimum absolute atomic E-state index is 0.144. The highest BCUT2D eigenvalue weighted by atomic mass is 16.3. The molecule has 0 radical (unpaired) electrons. The fourth-order valence-corrected chi connectivity index (χ4v) is 2.53. The summed E-state index contributed by atoms with van der Waals surface area (Å²) in [7, 11) is 0. The maximum atomic E-state index is 12.0. The van der Waals surface area contributed by atoms with Crippen molar-refractivity contribution in [2.75, 3.05) is 0 Å². The van der Waals surface area contributed by atoms with Crippen molar-refractivity contribution in [1.82, 2.24) is 15.4 Å². The van der Waals surface area contributed by atoms with Gasteiger partial charge in [-0.05, 0) is 35.7 Å². The first-order chi connectivity index (χ1) is 12.2. The summed E-state index contributed by atoms with van der Waals surface area (Å²) in [6.45, 7) is 3.66. The van der Waals surface area contributed by atoms with Gasteiger partial charge in [0.25, 0.3) is 0 Å². The summed E-state index contributed by atoms with van der Waals surface area (Å²) < 4.78 is 0. The number of benzene rings is 2. The van der Waals surface area contributed by atoms with Crippen molar-refractivity contribution in [2.24, 2.45) is 5.10 Å². The van der Waals surface area contributed by atoms with Crippen LogP contribution in [0.25, 0.3) is 11.0 Å². The Morgan fingerprint density at radius 1 is 1.36 bits per heavy atom. The third kappa shape index (κ3) is 3.92. The number of imidazole rings is 1. The number of H-pyrrole nitrogens is 1. The number of para-hydroxylation sites is 1. The molecule has 0 aliphatic carbocycles. The van der Waals surface area contributed by atoms with E-state index in [2.05, 4.69) is 27.1 Å². The molecule has 6 heteroatoms. The average Bonchev–Trinajstić information content (AvgIpc) is 3.06. The Bertz CT molecular complexity index is 944. The van der Waals surface area contributed by atoms with E-state index in [0.717, 1.165) is 22.2 Å². The van der Waals surface area contributed by atoms with E-state index >= 15 is 0 Å². The van der Waals surface area contributed by atoms with E-state index in [1.54, 1.807) is 18.5 Å². The molecule has 0 unspecified atom stereocenters. The minimum atomic E-state index is -0.239. The maximum Gasteiger partial charge on any atom is 0.244 e. The Balaban J connectivity index is 1.62. The van der Waals surface area contributed by atoms with Gasteiger partial charge in [0.1, 0.15) is 5.75 Å². The fourth-order valence-electron chi connectivity index (χ4n) is 2.53. The van der Waals surface area contributed by atoms with E-state index in [1.807, 2.05) is 30.3 Å². The summed E-state index contributed by atoms with van der Waals surface area (Å²) in [5.41, 5.74) is 6.38. The molecular weight excluding hydrogens is 316 g/mol. The Kier molecular flexibility index (Phi) is 4.89. The molecule has 0 bridgehead atoms. The first-order valence-electron chi connectivity index (χ1n) is 7.83. The van der Waals surface area contributed by atoms with Gasteiger partial charge in [-0.25, -0.2) is 10.4 Å². The molecule has 0 fully saturated rings. The molecule has 6 nitrogen and oxygen atoms in total. The van der Waals surface area contributed by atoms with E-state index in [4.69, 9.17) is 0 Å². The van der Waals surface area contributed by atoms with Crippen LogP contribution in [0.1, 0.15) is 16.7 Å². The number of phenols is 1. The third-order valence-corrected chi connectivity index (χ3v) is 3.76. The highest BCUT2D eigenvalue weighted by Crippen LogP contribution is 2.21. The second kappa shape index (κ2) is 7.44. The monoisotopic (exact) mass is 334 g/mol. The van der Waals surface area contributed by atoms with Crippen molar-refractivity contribution >= 4 is 23.2 Å². The molecule has 3 N–H and O–H groups in total. The van der Waals surface area contributed by atoms with Gasteiger partial charge in [-0.2, -0.15) is 5.10 Å². The lowest BCUT2D eigenvalue weighted by Crippen LogP contribution is -2.19. The number of aromatic amines is 1. The van der Waals surface area contributed by atoms with Crippen LogP contribution in [0.4, 0.5) is 0 Å². The van der Waals surface area contributed by atoms with Crippen LogP contribution in [0.2, 0.25) is 0 Å². The SMILES string of the molecule is C=CCc1cccc(/C=N/NC(=O)Cc2ccc3nc[nH]c3c2)c1O. The summed E-state index contributed by atoms with van der Waals surface area (Å²) in [5.74, 6) is -0.0954. The lowest BCUT2D eigenvalue weighted by atomic mass is 10.1. The van der Waals surface area contributed by atoms with Gasteiger partial charge in [0.2, 0.25) is 5.91 Å². The van der Waals surface area contributed by atoms with Crippen molar-refractivity contribution in [2.45, 2.75) is 12.8 Å². The zero-order valence-corrected chi connectivity index (χ0v) is 13.6. The van der Waals surface area contributed by atoms with Crippen LogP contribution in [0.15, 0.2) is 60.5 Å². The van der Waals surface area contributed by atoms with E-state index in [-0.39, 0.29) is 18.1 Å². The van der Waals surface area contributed by atoms with Gasteiger partial charge in [0.15, 0.2) is 0 Å². The van der Waals surface area contributed by atoms with E-state index in [1.165, 1.54) is 6.21 Å². The second-order valence-corrected chi connectivity index (χ2v) is 5.57. The average molecular weight is 334 g/mol. The van der Waals surface area contributed by atoms with Gasteiger partial charge in [-0.1, -0.05) is 24.3 Å². The molecular formula is C19H18N4O2. The van der Waals surface area contributed by atoms with Gasteiger partial charge in [0.05, 0.1) is 30.0 Å². The smallest absolute Gasteiger partial charge is 0.244 e. The molecule has 0 atom stereocenters. The van der Waals surface area contributed by atoms with Gasteiger partial charge in [-0.15, -0.1) is 6.58 Å². The molecule has 0 aliphatic rings. The molecule has 126 valence electrons. The first kappa shape index (κ1) is 16.4. The van der Waals surface area contributed by atoms with Crippen molar-refractivity contribution in [1.29, 1.82) is 0 Å². The van der Waals surface area contributed by atoms with Gasteiger partial charge >= 0.3 is 0 Å². The van der Waals surface area contributed by atoms with Crippen LogP contribution in [-0.2, 0) is 17.6 Å². The van der Waals surface area contributed by atoms with Gasteiger partial charge < -0.3 is 10.1 Å². The highest BCUT2D eigenvalue weighted by Gasteiger charge is 2.06. The number of nitrogens with zero attached hydrogens (tertiary/aromatic N) is 2. The summed E-state index contributed by atoms with van der Waals surface area (Å²) in [5, 5.41) is 14.1. The zero-order chi connectivity index (χ0) is 17.6. The Morgan fingerprint density at radius 3 is 3.08 bits per heavy atom. The fraction of sp³-hybridized carbons (Fsp3) is 0.105. The lowest BCUT2D eigenvalue weighted by molar-refractivity contribution is -0.120. The van der Waals surface area contributed by atoms with Crippen molar-refractivity contribution < 1.29 is 9.90 Å². The van der Waals surface area contributed by atoms with Crippen molar-refractivity contribution in [3.05, 3.63) is 72.1 Å². The zero-order valence-electron chi connectivity index (χ0n) is 13.6. The minimum Gasteiger partial charge on any atom is -0.507 e. The molecule has 0 saturated heterocycles. The second-order valence-electron chi connectivity index (χ2n) is 5.57. The molecule has 1 aromatic heterocycles. The third-order valence-electron chi connectivity index (χ3n) is 3.76. The number of phenolic OH excluding ortho intramolecular Hbond substituents is 1. The Hall–Kier alpha value is -3.41. The normalized spacial score (nSPS) is 11.0. The van der Waals surface area contributed by atoms with Crippen LogP contribution < -0.4 is 5.43 Å². The van der Waals surface area contributed by atoms with Crippen LogP contribution in [-0.4, -0.2) is 27.2 Å².